The van der Waals surface area contributed by atoms with E-state index in [-0.39, 0.29) is 12.6 Å². The van der Waals surface area contributed by atoms with Crippen LogP contribution in [0.2, 0.25) is 0 Å². The zero-order valence-corrected chi connectivity index (χ0v) is 14.6. The molecule has 0 saturated carbocycles. The number of aliphatic hydroxyl groups excluding tert-OH is 1. The predicted molar refractivity (Wildman–Crippen MR) is 100 cm³/mol. The Morgan fingerprint density at radius 2 is 1.54 bits per heavy atom. The molecule has 132 valence electrons. The Morgan fingerprint density at radius 1 is 0.923 bits per heavy atom. The topological polar surface area (TPSA) is 60.4 Å². The first-order valence-electron chi connectivity index (χ1n) is 8.75. The summed E-state index contributed by atoms with van der Waals surface area (Å²) in [5.74, 6) is 1.06. The highest BCUT2D eigenvalue weighted by Crippen LogP contribution is 2.30. The van der Waals surface area contributed by atoms with E-state index >= 15 is 0 Å². The van der Waals surface area contributed by atoms with Crippen LogP contribution in [0.25, 0.3) is 0 Å². The van der Waals surface area contributed by atoms with Gasteiger partial charge in [-0.2, -0.15) is 5.26 Å². The minimum absolute atomic E-state index is 0.0413. The normalized spacial score (nSPS) is 11.0. The van der Waals surface area contributed by atoms with Crippen molar-refractivity contribution in [1.29, 1.82) is 5.26 Å². The molecule has 0 spiro atoms. The molecule has 4 heteroatoms. The summed E-state index contributed by atoms with van der Waals surface area (Å²) in [4.78, 5) is 2.28. The maximum Gasteiger partial charge on any atom is 0.203 e. The minimum atomic E-state index is 0.0413. The number of nitrogens with zero attached hydrogens (tertiary/aromatic N) is 2. The average molecular weight is 346 g/mol. The lowest BCUT2D eigenvalue weighted by atomic mass is 9.96. The molecule has 1 aromatic heterocycles. The SMILES string of the molecule is N#Cc1ccc(CN(CCCO)C(c2ccccc2)c2ccccc2)o1. The second kappa shape index (κ2) is 9.00. The van der Waals surface area contributed by atoms with E-state index in [1.807, 2.05) is 48.5 Å². The first-order chi connectivity index (χ1) is 12.8. The lowest BCUT2D eigenvalue weighted by Gasteiger charge is -2.32. The first kappa shape index (κ1) is 17.9. The fourth-order valence-corrected chi connectivity index (χ4v) is 3.18. The van der Waals surface area contributed by atoms with Crippen LogP contribution in [-0.2, 0) is 6.54 Å². The van der Waals surface area contributed by atoms with Crippen LogP contribution in [0.1, 0.15) is 35.1 Å². The van der Waals surface area contributed by atoms with Gasteiger partial charge in [0, 0.05) is 13.2 Å². The Balaban J connectivity index is 1.96. The highest BCUT2D eigenvalue weighted by molar-refractivity contribution is 5.32. The van der Waals surface area contributed by atoms with Crippen LogP contribution in [-0.4, -0.2) is 23.2 Å². The van der Waals surface area contributed by atoms with Gasteiger partial charge in [-0.25, -0.2) is 0 Å². The molecular weight excluding hydrogens is 324 g/mol. The van der Waals surface area contributed by atoms with Crippen molar-refractivity contribution in [2.45, 2.75) is 19.0 Å². The summed E-state index contributed by atoms with van der Waals surface area (Å²) in [6.07, 6.45) is 0.669. The van der Waals surface area contributed by atoms with E-state index in [0.29, 0.717) is 25.3 Å². The second-order valence-corrected chi connectivity index (χ2v) is 6.15. The zero-order chi connectivity index (χ0) is 18.2. The standard InChI is InChI=1S/C22H22N2O2/c23-16-20-12-13-21(26-20)17-24(14-7-15-25)22(18-8-3-1-4-9-18)19-10-5-2-6-11-19/h1-6,8-13,22,25H,7,14-15,17H2. The summed E-state index contributed by atoms with van der Waals surface area (Å²) in [6, 6.07) is 26.3. The largest absolute Gasteiger partial charge is 0.449 e. The van der Waals surface area contributed by atoms with E-state index in [2.05, 4.69) is 29.2 Å². The monoisotopic (exact) mass is 346 g/mol. The van der Waals surface area contributed by atoms with Crippen LogP contribution in [0.4, 0.5) is 0 Å². The number of nitriles is 1. The fraction of sp³-hybridized carbons (Fsp3) is 0.227. The third-order valence-electron chi connectivity index (χ3n) is 4.33. The summed E-state index contributed by atoms with van der Waals surface area (Å²) in [6.45, 7) is 1.41. The van der Waals surface area contributed by atoms with Crippen molar-refractivity contribution >= 4 is 0 Å². The number of furan rings is 1. The van der Waals surface area contributed by atoms with E-state index in [1.165, 1.54) is 11.1 Å². The van der Waals surface area contributed by atoms with Gasteiger partial charge in [0.25, 0.3) is 0 Å². The number of aliphatic hydroxyl groups is 1. The third kappa shape index (κ3) is 4.40. The van der Waals surface area contributed by atoms with E-state index in [0.717, 1.165) is 5.76 Å². The van der Waals surface area contributed by atoms with Crippen LogP contribution in [0, 0.1) is 11.3 Å². The molecule has 3 rings (SSSR count). The molecule has 1 N–H and O–H groups in total. The van der Waals surface area contributed by atoms with Crippen molar-refractivity contribution in [3.63, 3.8) is 0 Å². The molecule has 0 unspecified atom stereocenters. The van der Waals surface area contributed by atoms with Gasteiger partial charge in [0.1, 0.15) is 11.8 Å². The molecule has 0 amide bonds. The highest BCUT2D eigenvalue weighted by atomic mass is 16.3. The van der Waals surface area contributed by atoms with Gasteiger partial charge in [0.15, 0.2) is 0 Å². The molecule has 26 heavy (non-hydrogen) atoms. The van der Waals surface area contributed by atoms with E-state index in [9.17, 15) is 5.11 Å². The number of rotatable bonds is 8. The van der Waals surface area contributed by atoms with Crippen LogP contribution in [0.5, 0.6) is 0 Å². The van der Waals surface area contributed by atoms with Crippen LogP contribution < -0.4 is 0 Å². The van der Waals surface area contributed by atoms with Crippen molar-refractivity contribution in [3.05, 3.63) is 95.4 Å². The molecule has 3 aromatic rings. The molecule has 0 radical (unpaired) electrons. The number of hydrogen-bond acceptors (Lipinski definition) is 4. The van der Waals surface area contributed by atoms with E-state index in [1.54, 1.807) is 6.07 Å². The van der Waals surface area contributed by atoms with Gasteiger partial charge in [-0.15, -0.1) is 0 Å². The fourth-order valence-electron chi connectivity index (χ4n) is 3.18. The first-order valence-corrected chi connectivity index (χ1v) is 8.75. The summed E-state index contributed by atoms with van der Waals surface area (Å²) < 4.78 is 5.60. The summed E-state index contributed by atoms with van der Waals surface area (Å²) in [5, 5.41) is 18.4. The summed E-state index contributed by atoms with van der Waals surface area (Å²) in [5.41, 5.74) is 2.37. The molecule has 0 aliphatic rings. The smallest absolute Gasteiger partial charge is 0.203 e. The average Bonchev–Trinajstić information content (AvgIpc) is 3.15. The van der Waals surface area contributed by atoms with Gasteiger partial charge in [-0.1, -0.05) is 60.7 Å². The van der Waals surface area contributed by atoms with Crippen molar-refractivity contribution in [2.75, 3.05) is 13.2 Å². The van der Waals surface area contributed by atoms with Crippen molar-refractivity contribution < 1.29 is 9.52 Å². The van der Waals surface area contributed by atoms with Gasteiger partial charge in [-0.3, -0.25) is 4.90 Å². The predicted octanol–water partition coefficient (Wildman–Crippen LogP) is 4.13. The van der Waals surface area contributed by atoms with Crippen LogP contribution in [0.15, 0.2) is 77.2 Å². The van der Waals surface area contributed by atoms with Crippen LogP contribution >= 0.6 is 0 Å². The quantitative estimate of drug-likeness (QED) is 0.666. The van der Waals surface area contributed by atoms with Gasteiger partial charge in [-0.05, 0) is 29.7 Å². The van der Waals surface area contributed by atoms with Gasteiger partial charge >= 0.3 is 0 Å². The molecule has 0 aliphatic carbocycles. The molecule has 0 atom stereocenters. The summed E-state index contributed by atoms with van der Waals surface area (Å²) >= 11 is 0. The van der Waals surface area contributed by atoms with Crippen molar-refractivity contribution in [2.24, 2.45) is 0 Å². The molecule has 0 fully saturated rings. The van der Waals surface area contributed by atoms with Crippen LogP contribution in [0.3, 0.4) is 0 Å². The van der Waals surface area contributed by atoms with E-state index < -0.39 is 0 Å². The Hall–Kier alpha value is -2.87. The molecule has 0 aliphatic heterocycles. The lowest BCUT2D eigenvalue weighted by Crippen LogP contribution is -2.30. The van der Waals surface area contributed by atoms with Gasteiger partial charge < -0.3 is 9.52 Å². The minimum Gasteiger partial charge on any atom is -0.449 e. The third-order valence-corrected chi connectivity index (χ3v) is 4.33. The Bertz CT molecular complexity index is 798. The van der Waals surface area contributed by atoms with Crippen molar-refractivity contribution in [3.8, 4) is 6.07 Å². The molecule has 0 saturated heterocycles. The Labute approximate surface area is 153 Å². The zero-order valence-electron chi connectivity index (χ0n) is 14.6. The van der Waals surface area contributed by atoms with Crippen molar-refractivity contribution in [1.82, 2.24) is 4.90 Å². The number of hydrogen-bond donors (Lipinski definition) is 1. The molecule has 1 heterocycles. The van der Waals surface area contributed by atoms with E-state index in [4.69, 9.17) is 9.68 Å². The van der Waals surface area contributed by atoms with Gasteiger partial charge in [0.2, 0.25) is 5.76 Å². The maximum absolute atomic E-state index is 9.35. The molecule has 2 aromatic carbocycles. The summed E-state index contributed by atoms with van der Waals surface area (Å²) in [7, 11) is 0. The Kier molecular flexibility index (Phi) is 6.21. The molecule has 0 bridgehead atoms. The highest BCUT2D eigenvalue weighted by Gasteiger charge is 2.23. The lowest BCUT2D eigenvalue weighted by molar-refractivity contribution is 0.175. The van der Waals surface area contributed by atoms with Gasteiger partial charge in [0.05, 0.1) is 12.6 Å². The molecule has 4 nitrogen and oxygen atoms in total. The Morgan fingerprint density at radius 3 is 2.04 bits per heavy atom. The second-order valence-electron chi connectivity index (χ2n) is 6.15. The number of benzene rings is 2. The maximum atomic E-state index is 9.35. The molecular formula is C22H22N2O2.